The quantitative estimate of drug-likeness (QED) is 0.676. The zero-order valence-corrected chi connectivity index (χ0v) is 17.3. The molecular weight excluding hydrogens is 431 g/mol. The predicted molar refractivity (Wildman–Crippen MR) is 109 cm³/mol. The van der Waals surface area contributed by atoms with E-state index in [9.17, 15) is 18.0 Å². The molecule has 6 nitrogen and oxygen atoms in total. The second-order valence-corrected chi connectivity index (χ2v) is 8.96. The zero-order chi connectivity index (χ0) is 20.0. The lowest BCUT2D eigenvalue weighted by Crippen LogP contribution is -2.28. The highest BCUT2D eigenvalue weighted by atomic mass is 35.5. The van der Waals surface area contributed by atoms with Gasteiger partial charge in [0.05, 0.1) is 20.7 Å². The average molecular weight is 447 g/mol. The number of amides is 2. The third-order valence-corrected chi connectivity index (χ3v) is 6.40. The molecule has 2 N–H and O–H groups in total. The van der Waals surface area contributed by atoms with Gasteiger partial charge in [-0.2, -0.15) is 0 Å². The first-order valence-corrected chi connectivity index (χ1v) is 11.0. The molecule has 0 unspecified atom stereocenters. The van der Waals surface area contributed by atoms with Crippen LogP contribution in [-0.2, 0) is 25.4 Å². The van der Waals surface area contributed by atoms with Crippen molar-refractivity contribution in [3.8, 4) is 0 Å². The minimum absolute atomic E-state index is 0.0651. The van der Waals surface area contributed by atoms with Crippen LogP contribution in [0.4, 0.5) is 5.69 Å². The number of rotatable bonds is 7. The Morgan fingerprint density at radius 3 is 2.30 bits per heavy atom. The molecule has 0 aliphatic carbocycles. The number of thioether (sulfide) groups is 1. The van der Waals surface area contributed by atoms with Gasteiger partial charge in [0.1, 0.15) is 0 Å². The Kier molecular flexibility index (Phi) is 7.55. The summed E-state index contributed by atoms with van der Waals surface area (Å²) in [4.78, 5) is 22.9. The van der Waals surface area contributed by atoms with Crippen LogP contribution in [0.15, 0.2) is 47.4 Å². The van der Waals surface area contributed by atoms with Gasteiger partial charge < -0.3 is 5.32 Å². The molecule has 0 atom stereocenters. The summed E-state index contributed by atoms with van der Waals surface area (Å²) in [5, 5.41) is 3.62. The Balaban J connectivity index is 1.86. The number of sulfonamides is 1. The van der Waals surface area contributed by atoms with Gasteiger partial charge in [0.25, 0.3) is 10.0 Å². The minimum atomic E-state index is -3.89. The number of hydrogen-bond acceptors (Lipinski definition) is 5. The summed E-state index contributed by atoms with van der Waals surface area (Å²) in [6.45, 7) is 1.11. The van der Waals surface area contributed by atoms with Crippen LogP contribution in [0.5, 0.6) is 0 Å². The number of carbonyl (C=O) groups excluding carboxylic acids is 2. The minimum Gasteiger partial charge on any atom is -0.325 e. The third kappa shape index (κ3) is 6.73. The van der Waals surface area contributed by atoms with Gasteiger partial charge in [0.15, 0.2) is 0 Å². The fourth-order valence-electron chi connectivity index (χ4n) is 2.05. The van der Waals surface area contributed by atoms with Crippen molar-refractivity contribution in [1.29, 1.82) is 0 Å². The molecule has 2 amide bonds. The molecule has 2 aromatic rings. The molecular formula is C17H16Cl2N2O4S2. The summed E-state index contributed by atoms with van der Waals surface area (Å²) < 4.78 is 25.6. The van der Waals surface area contributed by atoms with Gasteiger partial charge in [0.2, 0.25) is 11.8 Å². The van der Waals surface area contributed by atoms with Crippen molar-refractivity contribution in [2.75, 3.05) is 11.1 Å². The van der Waals surface area contributed by atoms with Gasteiger partial charge >= 0.3 is 0 Å². The fourth-order valence-corrected chi connectivity index (χ4v) is 4.14. The normalized spacial score (nSPS) is 11.1. The maximum Gasteiger partial charge on any atom is 0.264 e. The molecule has 144 valence electrons. The van der Waals surface area contributed by atoms with E-state index in [1.165, 1.54) is 36.0 Å². The monoisotopic (exact) mass is 446 g/mol. The number of nitrogens with one attached hydrogen (secondary N) is 2. The molecule has 27 heavy (non-hydrogen) atoms. The highest BCUT2D eigenvalue weighted by Gasteiger charge is 2.15. The number of carbonyl (C=O) groups is 2. The van der Waals surface area contributed by atoms with Crippen LogP contribution in [0, 0.1) is 0 Å². The number of anilines is 1. The summed E-state index contributed by atoms with van der Waals surface area (Å²) in [5.41, 5.74) is 1.41. The number of benzene rings is 2. The average Bonchev–Trinajstić information content (AvgIpc) is 2.57. The smallest absolute Gasteiger partial charge is 0.264 e. The Morgan fingerprint density at radius 1 is 1.04 bits per heavy atom. The van der Waals surface area contributed by atoms with Crippen molar-refractivity contribution in [1.82, 2.24) is 4.72 Å². The topological polar surface area (TPSA) is 92.3 Å². The van der Waals surface area contributed by atoms with E-state index in [2.05, 4.69) is 5.32 Å². The molecule has 10 heteroatoms. The number of hydrogen-bond donors (Lipinski definition) is 2. The lowest BCUT2D eigenvalue weighted by atomic mass is 10.2. The first kappa shape index (κ1) is 21.6. The molecule has 2 aromatic carbocycles. The molecule has 0 radical (unpaired) electrons. The second-order valence-electron chi connectivity index (χ2n) is 5.48. The van der Waals surface area contributed by atoms with E-state index < -0.39 is 15.9 Å². The molecule has 0 spiro atoms. The van der Waals surface area contributed by atoms with Gasteiger partial charge in [-0.25, -0.2) is 13.1 Å². The summed E-state index contributed by atoms with van der Waals surface area (Å²) in [5.74, 6) is -0.0892. The van der Waals surface area contributed by atoms with Crippen molar-refractivity contribution in [2.24, 2.45) is 0 Å². The largest absolute Gasteiger partial charge is 0.325 e. The molecule has 0 saturated heterocycles. The van der Waals surface area contributed by atoms with Crippen molar-refractivity contribution < 1.29 is 18.0 Å². The molecule has 0 heterocycles. The molecule has 0 aliphatic rings. The summed E-state index contributed by atoms with van der Waals surface area (Å²) >= 11 is 13.2. The standard InChI is InChI=1S/C17H16Cl2N2O4S2/c1-11(22)21-27(24,25)14-5-3-13(4-6-14)20-17(23)10-26-9-12-2-7-15(18)16(19)8-12/h2-8H,9-10H2,1H3,(H,20,23)(H,21,22). The van der Waals surface area contributed by atoms with Crippen LogP contribution >= 0.6 is 35.0 Å². The van der Waals surface area contributed by atoms with Crippen molar-refractivity contribution in [3.05, 3.63) is 58.1 Å². The van der Waals surface area contributed by atoms with Crippen molar-refractivity contribution >= 4 is 62.5 Å². The van der Waals surface area contributed by atoms with Gasteiger partial charge in [-0.1, -0.05) is 29.3 Å². The van der Waals surface area contributed by atoms with Gasteiger partial charge in [-0.05, 0) is 42.0 Å². The lowest BCUT2D eigenvalue weighted by molar-refractivity contribution is -0.117. The van der Waals surface area contributed by atoms with Crippen LogP contribution < -0.4 is 10.0 Å². The highest BCUT2D eigenvalue weighted by Crippen LogP contribution is 2.24. The molecule has 0 fully saturated rings. The first-order chi connectivity index (χ1) is 12.7. The predicted octanol–water partition coefficient (Wildman–Crippen LogP) is 3.69. The van der Waals surface area contributed by atoms with Crippen LogP contribution in [-0.4, -0.2) is 26.0 Å². The fraction of sp³-hybridized carbons (Fsp3) is 0.176. The maximum atomic E-state index is 12.0. The van der Waals surface area contributed by atoms with E-state index in [1.807, 2.05) is 10.8 Å². The summed E-state index contributed by atoms with van der Waals surface area (Å²) in [6.07, 6.45) is 0. The lowest BCUT2D eigenvalue weighted by Gasteiger charge is -2.08. The third-order valence-electron chi connectivity index (χ3n) is 3.21. The highest BCUT2D eigenvalue weighted by molar-refractivity contribution is 7.99. The Hall–Kier alpha value is -1.74. The number of halogens is 2. The van der Waals surface area contributed by atoms with Gasteiger partial charge in [0, 0.05) is 18.4 Å². The van der Waals surface area contributed by atoms with E-state index in [0.717, 1.165) is 12.5 Å². The van der Waals surface area contributed by atoms with E-state index in [0.29, 0.717) is 21.5 Å². The molecule has 0 aliphatic heterocycles. The van der Waals surface area contributed by atoms with Crippen LogP contribution in [0.2, 0.25) is 10.0 Å². The van der Waals surface area contributed by atoms with E-state index in [1.54, 1.807) is 12.1 Å². The van der Waals surface area contributed by atoms with E-state index in [4.69, 9.17) is 23.2 Å². The molecule has 2 rings (SSSR count). The van der Waals surface area contributed by atoms with Gasteiger partial charge in [-0.3, -0.25) is 9.59 Å². The second kappa shape index (κ2) is 9.45. The summed E-state index contributed by atoms with van der Waals surface area (Å²) in [6, 6.07) is 10.8. The Morgan fingerprint density at radius 2 is 1.70 bits per heavy atom. The Bertz CT molecular complexity index is 948. The Labute approximate surface area is 171 Å². The first-order valence-electron chi connectivity index (χ1n) is 7.62. The molecule has 0 bridgehead atoms. The van der Waals surface area contributed by atoms with Crippen molar-refractivity contribution in [2.45, 2.75) is 17.6 Å². The van der Waals surface area contributed by atoms with Crippen LogP contribution in [0.3, 0.4) is 0 Å². The SMILES string of the molecule is CC(=O)NS(=O)(=O)c1ccc(NC(=O)CSCc2ccc(Cl)c(Cl)c2)cc1. The van der Waals surface area contributed by atoms with E-state index >= 15 is 0 Å². The van der Waals surface area contributed by atoms with Gasteiger partial charge in [-0.15, -0.1) is 11.8 Å². The maximum absolute atomic E-state index is 12.0. The van der Waals surface area contributed by atoms with E-state index in [-0.39, 0.29) is 16.6 Å². The van der Waals surface area contributed by atoms with Crippen LogP contribution in [0.25, 0.3) is 0 Å². The molecule has 0 aromatic heterocycles. The molecule has 0 saturated carbocycles. The van der Waals surface area contributed by atoms with Crippen molar-refractivity contribution in [3.63, 3.8) is 0 Å². The van der Waals surface area contributed by atoms with Crippen LogP contribution in [0.1, 0.15) is 12.5 Å². The zero-order valence-electron chi connectivity index (χ0n) is 14.2. The summed E-state index contributed by atoms with van der Waals surface area (Å²) in [7, 11) is -3.89.